The second-order valence-electron chi connectivity index (χ2n) is 12.1. The third kappa shape index (κ3) is 7.87. The van der Waals surface area contributed by atoms with Crippen LogP contribution in [0.3, 0.4) is 0 Å². The number of hydrogen-bond donors (Lipinski definition) is 1. The molecule has 1 N–H and O–H groups in total. The average Bonchev–Trinajstić information content (AvgIpc) is 3.65. The van der Waals surface area contributed by atoms with Gasteiger partial charge in [-0.2, -0.15) is 0 Å². The number of thiazole rings is 1. The maximum atomic E-state index is 14.1. The Kier molecular flexibility index (Phi) is 10.2. The number of amides is 3. The van der Waals surface area contributed by atoms with Crippen molar-refractivity contribution in [3.63, 3.8) is 0 Å². The first-order chi connectivity index (χ1) is 20.0. The number of aromatic nitrogens is 1. The SMILES string of the molecule is COc1cccc(C(=O)c2csc(C3CCCN3C(=O)C(NC(=O)CN(C)C(=O)OC(C)(C)C)C3CCCCC3)n2)c1. The predicted molar refractivity (Wildman–Crippen MR) is 160 cm³/mol. The standard InChI is InChI=1S/C31H42N4O6S/c1-31(2,3)41-30(39)34(4)18-25(36)33-26(20-11-7-6-8-12-20)29(38)35-16-10-15-24(35)28-32-23(19-42-28)27(37)21-13-9-14-22(17-21)40-5/h9,13-14,17,19-20,24,26H,6-8,10-12,15-16,18H2,1-5H3,(H,33,36). The topological polar surface area (TPSA) is 118 Å². The van der Waals surface area contributed by atoms with Gasteiger partial charge in [0.05, 0.1) is 13.2 Å². The molecule has 0 bridgehead atoms. The third-order valence-electron chi connectivity index (χ3n) is 7.70. The molecule has 2 unspecified atom stereocenters. The minimum atomic E-state index is -0.691. The van der Waals surface area contributed by atoms with Crippen LogP contribution < -0.4 is 10.1 Å². The fourth-order valence-electron chi connectivity index (χ4n) is 5.61. The molecule has 1 aromatic carbocycles. The molecule has 1 aliphatic carbocycles. The van der Waals surface area contributed by atoms with Crippen molar-refractivity contribution < 1.29 is 28.7 Å². The van der Waals surface area contributed by atoms with E-state index in [1.165, 1.54) is 23.3 Å². The molecule has 1 aromatic heterocycles. The molecular formula is C31H42N4O6S. The minimum absolute atomic E-state index is 0.0183. The number of ether oxygens (including phenoxy) is 2. The molecule has 4 rings (SSSR count). The molecule has 1 saturated carbocycles. The largest absolute Gasteiger partial charge is 0.497 e. The van der Waals surface area contributed by atoms with Gasteiger partial charge in [0.25, 0.3) is 0 Å². The van der Waals surface area contributed by atoms with Crippen molar-refractivity contribution in [2.24, 2.45) is 5.92 Å². The van der Waals surface area contributed by atoms with Crippen LogP contribution in [0.2, 0.25) is 0 Å². The van der Waals surface area contributed by atoms with Crippen LogP contribution in [-0.4, -0.2) is 77.4 Å². The Morgan fingerprint density at radius 3 is 2.55 bits per heavy atom. The Balaban J connectivity index is 1.48. The van der Waals surface area contributed by atoms with Crippen LogP contribution in [-0.2, 0) is 14.3 Å². The van der Waals surface area contributed by atoms with E-state index in [1.807, 2.05) is 4.90 Å². The summed E-state index contributed by atoms with van der Waals surface area (Å²) < 4.78 is 10.6. The fraction of sp³-hybridized carbons (Fsp3) is 0.581. The zero-order valence-electron chi connectivity index (χ0n) is 25.2. The summed E-state index contributed by atoms with van der Waals surface area (Å²) in [7, 11) is 3.06. The highest BCUT2D eigenvalue weighted by molar-refractivity contribution is 7.10. The number of likely N-dealkylation sites (N-methyl/N-ethyl adjacent to an activating group) is 1. The van der Waals surface area contributed by atoms with Crippen LogP contribution in [0.25, 0.3) is 0 Å². The van der Waals surface area contributed by atoms with Gasteiger partial charge in [-0.1, -0.05) is 31.4 Å². The van der Waals surface area contributed by atoms with Crippen LogP contribution in [0.5, 0.6) is 5.75 Å². The lowest BCUT2D eigenvalue weighted by molar-refractivity contribution is -0.139. The molecule has 1 aliphatic heterocycles. The van der Waals surface area contributed by atoms with Crippen molar-refractivity contribution in [3.8, 4) is 5.75 Å². The van der Waals surface area contributed by atoms with Crippen LogP contribution in [0.1, 0.15) is 92.8 Å². The van der Waals surface area contributed by atoms with Crippen molar-refractivity contribution in [3.05, 3.63) is 45.9 Å². The maximum absolute atomic E-state index is 14.1. The van der Waals surface area contributed by atoms with Gasteiger partial charge in [0.15, 0.2) is 0 Å². The minimum Gasteiger partial charge on any atom is -0.497 e. The smallest absolute Gasteiger partial charge is 0.410 e. The lowest BCUT2D eigenvalue weighted by Gasteiger charge is -2.35. The van der Waals surface area contributed by atoms with E-state index in [9.17, 15) is 19.2 Å². The second kappa shape index (κ2) is 13.7. The lowest BCUT2D eigenvalue weighted by atomic mass is 9.83. The summed E-state index contributed by atoms with van der Waals surface area (Å²) in [6, 6.07) is 6.01. The van der Waals surface area contributed by atoms with Crippen molar-refractivity contribution in [1.82, 2.24) is 20.1 Å². The molecule has 1 saturated heterocycles. The number of rotatable bonds is 9. The van der Waals surface area contributed by atoms with E-state index in [0.717, 1.165) is 44.9 Å². The van der Waals surface area contributed by atoms with Gasteiger partial charge in [-0.3, -0.25) is 14.4 Å². The van der Waals surface area contributed by atoms with Crippen molar-refractivity contribution >= 4 is 35.0 Å². The zero-order chi connectivity index (χ0) is 30.4. The van der Waals surface area contributed by atoms with Crippen LogP contribution >= 0.6 is 11.3 Å². The van der Waals surface area contributed by atoms with Gasteiger partial charge in [-0.05, 0) is 64.5 Å². The van der Waals surface area contributed by atoms with Gasteiger partial charge in [0, 0.05) is 24.5 Å². The summed E-state index contributed by atoms with van der Waals surface area (Å²) in [6.07, 6.45) is 5.78. The van der Waals surface area contributed by atoms with Gasteiger partial charge in [-0.15, -0.1) is 11.3 Å². The first kappa shape index (κ1) is 31.5. The first-order valence-corrected chi connectivity index (χ1v) is 15.5. The van der Waals surface area contributed by atoms with Gasteiger partial charge in [0.1, 0.15) is 34.6 Å². The van der Waals surface area contributed by atoms with E-state index in [-0.39, 0.29) is 30.2 Å². The Labute approximate surface area is 251 Å². The Bertz CT molecular complexity index is 1280. The number of carbonyl (C=O) groups excluding carboxylic acids is 4. The summed E-state index contributed by atoms with van der Waals surface area (Å²) in [5.41, 5.74) is 0.147. The van der Waals surface area contributed by atoms with Crippen LogP contribution in [0.4, 0.5) is 4.79 Å². The monoisotopic (exact) mass is 598 g/mol. The van der Waals surface area contributed by atoms with Gasteiger partial charge in [-0.25, -0.2) is 9.78 Å². The Morgan fingerprint density at radius 1 is 1.12 bits per heavy atom. The molecule has 2 fully saturated rings. The van der Waals surface area contributed by atoms with Crippen molar-refractivity contribution in [2.75, 3.05) is 27.2 Å². The summed E-state index contributed by atoms with van der Waals surface area (Å²) in [5.74, 6) is -0.118. The summed E-state index contributed by atoms with van der Waals surface area (Å²) in [4.78, 5) is 60.5. The highest BCUT2D eigenvalue weighted by Gasteiger charge is 2.40. The predicted octanol–water partition coefficient (Wildman–Crippen LogP) is 4.98. The molecule has 10 nitrogen and oxygen atoms in total. The molecule has 2 aliphatic rings. The molecule has 42 heavy (non-hydrogen) atoms. The van der Waals surface area contributed by atoms with E-state index in [2.05, 4.69) is 10.3 Å². The van der Waals surface area contributed by atoms with E-state index in [4.69, 9.17) is 9.47 Å². The van der Waals surface area contributed by atoms with E-state index < -0.39 is 23.6 Å². The highest BCUT2D eigenvalue weighted by Crippen LogP contribution is 2.36. The fourth-order valence-corrected chi connectivity index (χ4v) is 6.56. The normalized spacial score (nSPS) is 18.3. The quantitative estimate of drug-likeness (QED) is 0.405. The number of nitrogens with one attached hydrogen (secondary N) is 1. The highest BCUT2D eigenvalue weighted by atomic mass is 32.1. The number of likely N-dealkylation sites (tertiary alicyclic amines) is 1. The molecule has 2 heterocycles. The second-order valence-corrected chi connectivity index (χ2v) is 13.0. The zero-order valence-corrected chi connectivity index (χ0v) is 26.0. The molecular weight excluding hydrogens is 556 g/mol. The summed E-state index contributed by atoms with van der Waals surface area (Å²) in [6.45, 7) is 5.64. The van der Waals surface area contributed by atoms with E-state index in [1.54, 1.807) is 57.5 Å². The summed E-state index contributed by atoms with van der Waals surface area (Å²) in [5, 5.41) is 5.43. The van der Waals surface area contributed by atoms with Crippen molar-refractivity contribution in [2.45, 2.75) is 83.4 Å². The molecule has 228 valence electrons. The number of carbonyl (C=O) groups is 4. The van der Waals surface area contributed by atoms with Gasteiger partial charge < -0.3 is 24.6 Å². The molecule has 0 spiro atoms. The number of nitrogens with zero attached hydrogens (tertiary/aromatic N) is 3. The molecule has 2 atom stereocenters. The number of benzene rings is 1. The molecule has 11 heteroatoms. The number of hydrogen-bond acceptors (Lipinski definition) is 8. The van der Waals surface area contributed by atoms with E-state index >= 15 is 0 Å². The van der Waals surface area contributed by atoms with Gasteiger partial charge >= 0.3 is 6.09 Å². The Morgan fingerprint density at radius 2 is 1.86 bits per heavy atom. The number of ketones is 1. The lowest BCUT2D eigenvalue weighted by Crippen LogP contribution is -2.54. The summed E-state index contributed by atoms with van der Waals surface area (Å²) >= 11 is 1.38. The molecule has 3 amide bonds. The third-order valence-corrected chi connectivity index (χ3v) is 8.64. The number of methoxy groups -OCH3 is 1. The van der Waals surface area contributed by atoms with Crippen molar-refractivity contribution in [1.29, 1.82) is 0 Å². The van der Waals surface area contributed by atoms with Crippen LogP contribution in [0.15, 0.2) is 29.6 Å². The first-order valence-electron chi connectivity index (χ1n) is 14.6. The van der Waals surface area contributed by atoms with Gasteiger partial charge in [0.2, 0.25) is 17.6 Å². The Hall–Kier alpha value is -3.47. The molecule has 2 aromatic rings. The maximum Gasteiger partial charge on any atom is 0.410 e. The van der Waals surface area contributed by atoms with E-state index in [0.29, 0.717) is 28.6 Å². The molecule has 0 radical (unpaired) electrons. The average molecular weight is 599 g/mol. The van der Waals surface area contributed by atoms with Crippen LogP contribution in [0, 0.1) is 5.92 Å².